The van der Waals surface area contributed by atoms with Gasteiger partial charge in [-0.3, -0.25) is 0 Å². The fourth-order valence-corrected chi connectivity index (χ4v) is 3.85. The molecule has 2 aliphatic rings. The number of methoxy groups -OCH3 is 1. The quantitative estimate of drug-likeness (QED) is 0.861. The number of hydrogen-bond acceptors (Lipinski definition) is 6. The Hall–Kier alpha value is -2.50. The van der Waals surface area contributed by atoms with Crippen molar-refractivity contribution in [1.82, 2.24) is 9.97 Å². The van der Waals surface area contributed by atoms with Gasteiger partial charge in [0.1, 0.15) is 23.7 Å². The molecule has 0 bridgehead atoms. The molecule has 6 heteroatoms. The monoisotopic (exact) mass is 353 g/mol. The minimum atomic E-state index is 0.617. The highest BCUT2D eigenvalue weighted by Gasteiger charge is 2.23. The molecule has 0 radical (unpaired) electrons. The van der Waals surface area contributed by atoms with E-state index in [-0.39, 0.29) is 0 Å². The lowest BCUT2D eigenvalue weighted by Gasteiger charge is -2.20. The molecule has 0 saturated carbocycles. The third kappa shape index (κ3) is 3.84. The maximum Gasteiger partial charge on any atom is 0.134 e. The minimum Gasteiger partial charge on any atom is -0.497 e. The third-order valence-corrected chi connectivity index (χ3v) is 5.36. The zero-order valence-electron chi connectivity index (χ0n) is 15.4. The lowest BCUT2D eigenvalue weighted by molar-refractivity contribution is 0.415. The van der Waals surface area contributed by atoms with Crippen LogP contribution in [0.5, 0.6) is 5.75 Å². The number of aromatic nitrogens is 2. The van der Waals surface area contributed by atoms with Crippen LogP contribution in [0.15, 0.2) is 36.7 Å². The van der Waals surface area contributed by atoms with Crippen molar-refractivity contribution in [3.63, 3.8) is 0 Å². The zero-order valence-corrected chi connectivity index (χ0v) is 15.4. The number of benzene rings is 1. The van der Waals surface area contributed by atoms with Gasteiger partial charge in [-0.15, -0.1) is 0 Å². The summed E-state index contributed by atoms with van der Waals surface area (Å²) in [5.74, 6) is 3.51. The Morgan fingerprint density at radius 1 is 1.12 bits per heavy atom. The molecule has 1 N–H and O–H groups in total. The van der Waals surface area contributed by atoms with Crippen LogP contribution in [0.2, 0.25) is 0 Å². The molecule has 26 heavy (non-hydrogen) atoms. The van der Waals surface area contributed by atoms with Gasteiger partial charge in [0.25, 0.3) is 0 Å². The first-order valence-corrected chi connectivity index (χ1v) is 9.52. The van der Waals surface area contributed by atoms with Crippen LogP contribution < -0.4 is 19.9 Å². The number of ether oxygens (including phenoxy) is 1. The molecule has 2 saturated heterocycles. The van der Waals surface area contributed by atoms with Crippen molar-refractivity contribution in [2.45, 2.75) is 19.3 Å². The molecule has 0 aliphatic carbocycles. The van der Waals surface area contributed by atoms with Crippen LogP contribution in [0, 0.1) is 5.92 Å². The summed E-state index contributed by atoms with van der Waals surface area (Å²) in [4.78, 5) is 13.6. The third-order valence-electron chi connectivity index (χ3n) is 5.36. The molecule has 2 fully saturated rings. The molecule has 2 aliphatic heterocycles. The fourth-order valence-electron chi connectivity index (χ4n) is 3.85. The van der Waals surface area contributed by atoms with E-state index < -0.39 is 0 Å². The van der Waals surface area contributed by atoms with Crippen molar-refractivity contribution in [2.75, 3.05) is 55.0 Å². The van der Waals surface area contributed by atoms with Gasteiger partial charge >= 0.3 is 0 Å². The van der Waals surface area contributed by atoms with E-state index in [0.717, 1.165) is 50.1 Å². The van der Waals surface area contributed by atoms with Gasteiger partial charge in [-0.2, -0.15) is 0 Å². The molecule has 1 aromatic heterocycles. The van der Waals surface area contributed by atoms with Crippen LogP contribution in [0.1, 0.15) is 19.3 Å². The summed E-state index contributed by atoms with van der Waals surface area (Å²) >= 11 is 0. The molecule has 2 aromatic rings. The van der Waals surface area contributed by atoms with Gasteiger partial charge in [-0.25, -0.2) is 9.97 Å². The Labute approximate surface area is 155 Å². The van der Waals surface area contributed by atoms with Crippen molar-refractivity contribution in [2.24, 2.45) is 5.92 Å². The highest BCUT2D eigenvalue weighted by Crippen LogP contribution is 2.27. The van der Waals surface area contributed by atoms with Crippen molar-refractivity contribution < 1.29 is 4.74 Å². The molecule has 1 aromatic carbocycles. The smallest absolute Gasteiger partial charge is 0.134 e. The van der Waals surface area contributed by atoms with Gasteiger partial charge in [0.15, 0.2) is 0 Å². The van der Waals surface area contributed by atoms with Crippen molar-refractivity contribution in [3.05, 3.63) is 36.7 Å². The molecular formula is C20H27N5O. The normalized spacial score (nSPS) is 19.8. The van der Waals surface area contributed by atoms with Crippen LogP contribution in [0.4, 0.5) is 17.3 Å². The molecule has 1 atom stereocenters. The molecule has 4 rings (SSSR count). The van der Waals surface area contributed by atoms with Crippen LogP contribution in [0.3, 0.4) is 0 Å². The van der Waals surface area contributed by atoms with Crippen LogP contribution in [0.25, 0.3) is 0 Å². The molecule has 0 spiro atoms. The van der Waals surface area contributed by atoms with Gasteiger partial charge in [-0.1, -0.05) is 6.07 Å². The molecule has 3 heterocycles. The average molecular weight is 353 g/mol. The van der Waals surface area contributed by atoms with E-state index in [0.29, 0.717) is 5.92 Å². The van der Waals surface area contributed by atoms with E-state index in [1.165, 1.54) is 24.9 Å². The lowest BCUT2D eigenvalue weighted by atomic mass is 10.1. The van der Waals surface area contributed by atoms with E-state index in [9.17, 15) is 0 Å². The first-order chi connectivity index (χ1) is 12.8. The van der Waals surface area contributed by atoms with Crippen molar-refractivity contribution >= 4 is 17.3 Å². The second-order valence-corrected chi connectivity index (χ2v) is 7.14. The topological polar surface area (TPSA) is 53.5 Å². The summed E-state index contributed by atoms with van der Waals surface area (Å²) in [5.41, 5.74) is 1.24. The van der Waals surface area contributed by atoms with E-state index >= 15 is 0 Å². The summed E-state index contributed by atoms with van der Waals surface area (Å²) < 4.78 is 5.34. The van der Waals surface area contributed by atoms with Crippen LogP contribution in [-0.2, 0) is 0 Å². The lowest BCUT2D eigenvalue weighted by Crippen LogP contribution is -2.23. The largest absolute Gasteiger partial charge is 0.497 e. The predicted octanol–water partition coefficient (Wildman–Crippen LogP) is 3.02. The second-order valence-electron chi connectivity index (χ2n) is 7.14. The van der Waals surface area contributed by atoms with Crippen LogP contribution in [-0.4, -0.2) is 49.8 Å². The molecule has 138 valence electrons. The number of anilines is 3. The second kappa shape index (κ2) is 7.81. The summed E-state index contributed by atoms with van der Waals surface area (Å²) in [6.45, 7) is 5.30. The standard InChI is InChI=1S/C20H27N5O/c1-26-18-6-4-5-17(11-18)25-10-7-16(14-25)13-21-19-12-20(23-15-22-19)24-8-2-3-9-24/h4-6,11-12,15-16H,2-3,7-10,13-14H2,1H3,(H,21,22,23)/t16-/m1/s1. The number of hydrogen-bond donors (Lipinski definition) is 1. The highest BCUT2D eigenvalue weighted by molar-refractivity contribution is 5.52. The van der Waals surface area contributed by atoms with Crippen molar-refractivity contribution in [1.29, 1.82) is 0 Å². The maximum atomic E-state index is 5.34. The molecule has 0 unspecified atom stereocenters. The van der Waals surface area contributed by atoms with E-state index in [1.807, 2.05) is 6.07 Å². The van der Waals surface area contributed by atoms with Gasteiger partial charge < -0.3 is 19.9 Å². The molecule has 0 amide bonds. The van der Waals surface area contributed by atoms with E-state index in [1.54, 1.807) is 13.4 Å². The Morgan fingerprint density at radius 2 is 2.00 bits per heavy atom. The Balaban J connectivity index is 1.32. The fraction of sp³-hybridized carbons (Fsp3) is 0.500. The van der Waals surface area contributed by atoms with Gasteiger partial charge in [0.2, 0.25) is 0 Å². The van der Waals surface area contributed by atoms with Crippen molar-refractivity contribution in [3.8, 4) is 5.75 Å². The van der Waals surface area contributed by atoms with Crippen LogP contribution >= 0.6 is 0 Å². The maximum absolute atomic E-state index is 5.34. The van der Waals surface area contributed by atoms with E-state index in [2.05, 4.69) is 49.4 Å². The number of nitrogens with zero attached hydrogens (tertiary/aromatic N) is 4. The van der Waals surface area contributed by atoms with Gasteiger partial charge in [-0.05, 0) is 37.3 Å². The highest BCUT2D eigenvalue weighted by atomic mass is 16.5. The average Bonchev–Trinajstić information content (AvgIpc) is 3.39. The first kappa shape index (κ1) is 16.9. The zero-order chi connectivity index (χ0) is 17.8. The predicted molar refractivity (Wildman–Crippen MR) is 105 cm³/mol. The molecular weight excluding hydrogens is 326 g/mol. The summed E-state index contributed by atoms with van der Waals surface area (Å²) in [6.07, 6.45) is 5.38. The first-order valence-electron chi connectivity index (χ1n) is 9.52. The number of nitrogens with one attached hydrogen (secondary N) is 1. The summed E-state index contributed by atoms with van der Waals surface area (Å²) in [6, 6.07) is 10.4. The van der Waals surface area contributed by atoms with Gasteiger partial charge in [0.05, 0.1) is 7.11 Å². The number of rotatable bonds is 6. The Bertz CT molecular complexity index is 732. The summed E-state index contributed by atoms with van der Waals surface area (Å²) in [7, 11) is 1.72. The SMILES string of the molecule is COc1cccc(N2CC[C@H](CNc3cc(N4CCCC4)ncn3)C2)c1. The van der Waals surface area contributed by atoms with E-state index in [4.69, 9.17) is 4.74 Å². The summed E-state index contributed by atoms with van der Waals surface area (Å²) in [5, 5.41) is 3.52. The molecule has 6 nitrogen and oxygen atoms in total. The Kier molecular flexibility index (Phi) is 5.09. The minimum absolute atomic E-state index is 0.617. The Morgan fingerprint density at radius 3 is 2.85 bits per heavy atom. The van der Waals surface area contributed by atoms with Gasteiger partial charge in [0, 0.05) is 50.5 Å².